The number of carbonyl (C=O) groups excluding carboxylic acids is 3. The second kappa shape index (κ2) is 14.2. The minimum Gasteiger partial charge on any atom is -0.493 e. The molecule has 14 nitrogen and oxygen atoms in total. The molecule has 2 aromatic carbocycles. The molecule has 6 rings (SSSR count). The van der Waals surface area contributed by atoms with Crippen LogP contribution in [0.25, 0.3) is 22.2 Å². The van der Waals surface area contributed by atoms with Gasteiger partial charge in [-0.1, -0.05) is 30.3 Å². The summed E-state index contributed by atoms with van der Waals surface area (Å²) in [5.41, 5.74) is 1.30. The molecule has 0 spiro atoms. The molecule has 0 saturated heterocycles. The summed E-state index contributed by atoms with van der Waals surface area (Å²) in [6.07, 6.45) is 3.18. The van der Waals surface area contributed by atoms with Crippen LogP contribution in [0.2, 0.25) is 0 Å². The highest BCUT2D eigenvalue weighted by molar-refractivity contribution is 7.13. The van der Waals surface area contributed by atoms with Gasteiger partial charge in [0.05, 0.1) is 26.2 Å². The highest BCUT2D eigenvalue weighted by Gasteiger charge is 2.25. The molecule has 47 heavy (non-hydrogen) atoms. The first-order chi connectivity index (χ1) is 22.9. The van der Waals surface area contributed by atoms with Crippen molar-refractivity contribution in [3.8, 4) is 33.7 Å². The van der Waals surface area contributed by atoms with Crippen LogP contribution in [-0.2, 0) is 11.3 Å². The topological polar surface area (TPSA) is 166 Å². The summed E-state index contributed by atoms with van der Waals surface area (Å²) < 4.78 is 13.2. The largest absolute Gasteiger partial charge is 0.493 e. The fourth-order valence-corrected chi connectivity index (χ4v) is 5.69. The maximum absolute atomic E-state index is 13.7. The smallest absolute Gasteiger partial charge is 0.273 e. The molecular weight excluding hydrogens is 622 g/mol. The van der Waals surface area contributed by atoms with Crippen LogP contribution in [-0.4, -0.2) is 85.7 Å². The molecule has 15 heteroatoms. The van der Waals surface area contributed by atoms with E-state index in [4.69, 9.17) is 19.6 Å². The van der Waals surface area contributed by atoms with Crippen LogP contribution in [0.3, 0.4) is 0 Å². The first kappa shape index (κ1) is 31.3. The zero-order chi connectivity index (χ0) is 32.8. The number of nitrogens with zero attached hydrogens (tertiary/aromatic N) is 7. The Morgan fingerprint density at radius 1 is 1.00 bits per heavy atom. The molecule has 4 heterocycles. The summed E-state index contributed by atoms with van der Waals surface area (Å²) in [5, 5.41) is 12.6. The van der Waals surface area contributed by atoms with Crippen LogP contribution < -0.4 is 20.1 Å². The molecule has 2 N–H and O–H groups in total. The van der Waals surface area contributed by atoms with Crippen molar-refractivity contribution in [2.45, 2.75) is 19.5 Å². The Hall–Kier alpha value is -5.70. The number of carbonyl (C=O) groups is 3. The quantitative estimate of drug-likeness (QED) is 0.294. The van der Waals surface area contributed by atoms with E-state index in [1.54, 1.807) is 53.6 Å². The van der Waals surface area contributed by atoms with Crippen LogP contribution in [0.1, 0.15) is 39.6 Å². The van der Waals surface area contributed by atoms with Crippen LogP contribution in [0.15, 0.2) is 72.4 Å². The molecule has 3 amide bonds. The molecule has 5 aromatic rings. The van der Waals surface area contributed by atoms with Gasteiger partial charge in [-0.15, -0.1) is 11.3 Å². The van der Waals surface area contributed by atoms with Crippen molar-refractivity contribution in [1.29, 1.82) is 0 Å². The van der Waals surface area contributed by atoms with E-state index in [0.29, 0.717) is 39.5 Å². The van der Waals surface area contributed by atoms with Crippen molar-refractivity contribution in [3.63, 3.8) is 0 Å². The molecule has 0 unspecified atom stereocenters. The molecule has 3 aromatic heterocycles. The van der Waals surface area contributed by atoms with Gasteiger partial charge in [-0.25, -0.2) is 24.6 Å². The van der Waals surface area contributed by atoms with E-state index in [1.807, 2.05) is 30.3 Å². The van der Waals surface area contributed by atoms with Crippen molar-refractivity contribution in [2.24, 2.45) is 0 Å². The number of amides is 3. The highest BCUT2D eigenvalue weighted by Crippen LogP contribution is 2.28. The van der Waals surface area contributed by atoms with Crippen molar-refractivity contribution in [3.05, 3.63) is 89.5 Å². The average Bonchev–Trinajstić information content (AvgIpc) is 3.76. The first-order valence-corrected chi connectivity index (χ1v) is 15.7. The Kier molecular flexibility index (Phi) is 9.43. The van der Waals surface area contributed by atoms with Crippen LogP contribution in [0.5, 0.6) is 11.5 Å². The van der Waals surface area contributed by atoms with Gasteiger partial charge in [0.25, 0.3) is 11.8 Å². The molecule has 1 atom stereocenters. The number of benzene rings is 2. The molecule has 240 valence electrons. The maximum Gasteiger partial charge on any atom is 0.273 e. The zero-order valence-corrected chi connectivity index (χ0v) is 26.4. The fourth-order valence-electron chi connectivity index (χ4n) is 4.95. The monoisotopic (exact) mass is 653 g/mol. The molecule has 0 radical (unpaired) electrons. The fraction of sp³-hybridized carbons (Fsp3) is 0.250. The van der Waals surface area contributed by atoms with Gasteiger partial charge < -0.3 is 25.0 Å². The highest BCUT2D eigenvalue weighted by atomic mass is 32.1. The number of ether oxygens (including phenoxy) is 2. The van der Waals surface area contributed by atoms with E-state index in [-0.39, 0.29) is 44.4 Å². The second-order valence-electron chi connectivity index (χ2n) is 10.5. The minimum atomic E-state index is -0.571. The van der Waals surface area contributed by atoms with Gasteiger partial charge in [-0.2, -0.15) is 5.10 Å². The molecule has 0 aliphatic carbocycles. The molecule has 1 aliphatic heterocycles. The number of methoxy groups -OCH3 is 1. The third-order valence-corrected chi connectivity index (χ3v) is 8.09. The average molecular weight is 654 g/mol. The van der Waals surface area contributed by atoms with Crippen molar-refractivity contribution >= 4 is 29.1 Å². The number of rotatable bonds is 4. The SMILES string of the molecule is COc1ccc2cc1OCCn1nc(-c3ccccc3)nc1[C@@H](C)NC(=O)CN(C(=O)c1csc(-c3ncccn3)n1)CCNC2=O. The van der Waals surface area contributed by atoms with E-state index >= 15 is 0 Å². The van der Waals surface area contributed by atoms with Crippen LogP contribution >= 0.6 is 11.3 Å². The Labute approximate surface area is 273 Å². The maximum atomic E-state index is 13.7. The molecule has 2 bridgehead atoms. The predicted molar refractivity (Wildman–Crippen MR) is 172 cm³/mol. The Balaban J connectivity index is 1.31. The van der Waals surface area contributed by atoms with Gasteiger partial charge in [0.2, 0.25) is 5.91 Å². The standard InChI is InChI=1S/C32H31N9O5S/c1-20-29-38-27(21-7-4-3-5-8-21)39-41(29)15-16-46-25-17-22(9-10-24(25)45-2)30(43)35-13-14-40(18-26(42)36-20)32(44)23-19-47-31(37-23)28-33-11-6-12-34-28/h3-12,17,19-20H,13-16,18H2,1-2H3,(H,35,43)(H,36,42)/t20-/m1/s1. The normalized spacial score (nSPS) is 15.9. The van der Waals surface area contributed by atoms with Crippen molar-refractivity contribution in [1.82, 2.24) is 45.2 Å². The number of nitrogens with one attached hydrogen (secondary N) is 2. The number of hydrogen-bond donors (Lipinski definition) is 2. The molecule has 0 saturated carbocycles. The Morgan fingerprint density at radius 2 is 1.81 bits per heavy atom. The zero-order valence-electron chi connectivity index (χ0n) is 25.6. The molecular formula is C32H31N9O5S. The molecule has 1 aliphatic rings. The number of fused-ring (bicyclic) bond motifs is 3. The Bertz CT molecular complexity index is 1880. The third-order valence-electron chi connectivity index (χ3n) is 7.25. The van der Waals surface area contributed by atoms with Crippen LogP contribution in [0, 0.1) is 0 Å². The summed E-state index contributed by atoms with van der Waals surface area (Å²) in [7, 11) is 1.52. The number of thiazole rings is 1. The minimum absolute atomic E-state index is 0.0366. The summed E-state index contributed by atoms with van der Waals surface area (Å²) >= 11 is 1.22. The lowest BCUT2D eigenvalue weighted by Gasteiger charge is -2.23. The van der Waals surface area contributed by atoms with Crippen LogP contribution in [0.4, 0.5) is 0 Å². The summed E-state index contributed by atoms with van der Waals surface area (Å²) in [5.74, 6) is 0.952. The van der Waals surface area contributed by atoms with E-state index in [2.05, 4.69) is 25.6 Å². The third kappa shape index (κ3) is 7.25. The number of hydrogen-bond acceptors (Lipinski definition) is 11. The lowest BCUT2D eigenvalue weighted by molar-refractivity contribution is -0.122. The lowest BCUT2D eigenvalue weighted by Crippen LogP contribution is -2.45. The van der Waals surface area contributed by atoms with E-state index in [1.165, 1.54) is 23.3 Å². The van der Waals surface area contributed by atoms with Crippen molar-refractivity contribution in [2.75, 3.05) is 33.4 Å². The van der Waals surface area contributed by atoms with E-state index < -0.39 is 17.9 Å². The van der Waals surface area contributed by atoms with Crippen molar-refractivity contribution < 1.29 is 23.9 Å². The second-order valence-corrected chi connectivity index (χ2v) is 11.3. The summed E-state index contributed by atoms with van der Waals surface area (Å²) in [6.45, 7) is 2.09. The van der Waals surface area contributed by atoms with Gasteiger partial charge >= 0.3 is 0 Å². The van der Waals surface area contributed by atoms with E-state index in [9.17, 15) is 14.4 Å². The van der Waals surface area contributed by atoms with Gasteiger partial charge in [0.15, 0.2) is 28.2 Å². The summed E-state index contributed by atoms with van der Waals surface area (Å²) in [6, 6.07) is 15.5. The van der Waals surface area contributed by atoms with Gasteiger partial charge in [0, 0.05) is 42.0 Å². The van der Waals surface area contributed by atoms with E-state index in [0.717, 1.165) is 5.56 Å². The number of aromatic nitrogens is 6. The summed E-state index contributed by atoms with van der Waals surface area (Å²) in [4.78, 5) is 59.2. The first-order valence-electron chi connectivity index (χ1n) is 14.8. The lowest BCUT2D eigenvalue weighted by atomic mass is 10.2. The predicted octanol–water partition coefficient (Wildman–Crippen LogP) is 3.01. The molecule has 0 fully saturated rings. The van der Waals surface area contributed by atoms with Gasteiger partial charge in [-0.3, -0.25) is 14.4 Å². The van der Waals surface area contributed by atoms with Gasteiger partial charge in [0.1, 0.15) is 18.1 Å². The Morgan fingerprint density at radius 3 is 2.60 bits per heavy atom. The van der Waals surface area contributed by atoms with Gasteiger partial charge in [-0.05, 0) is 31.2 Å².